The molecule has 19 heavy (non-hydrogen) atoms. The van der Waals surface area contributed by atoms with E-state index in [0.29, 0.717) is 5.25 Å². The Bertz CT molecular complexity index is 402. The second-order valence-corrected chi connectivity index (χ2v) is 7.26. The molecule has 0 saturated carbocycles. The average molecular weight is 341 g/mol. The van der Waals surface area contributed by atoms with Crippen LogP contribution in [0.15, 0.2) is 41.4 Å². The summed E-state index contributed by atoms with van der Waals surface area (Å²) in [5, 5.41) is 0.639. The minimum Gasteiger partial charge on any atom is -0.288 e. The first-order valence-electron chi connectivity index (χ1n) is 6.62. The molecule has 3 heteroatoms. The Morgan fingerprint density at radius 1 is 1.32 bits per heavy atom. The SMILES string of the molecule is C=C(Br)CCCC(CCc1ccccc1)SC(C)=O. The number of rotatable bonds is 8. The van der Waals surface area contributed by atoms with Gasteiger partial charge in [0.05, 0.1) is 0 Å². The molecule has 0 N–H and O–H groups in total. The van der Waals surface area contributed by atoms with Crippen LogP contribution in [-0.2, 0) is 11.2 Å². The molecule has 1 unspecified atom stereocenters. The molecule has 0 radical (unpaired) electrons. The molecule has 0 aliphatic carbocycles. The van der Waals surface area contributed by atoms with Crippen molar-refractivity contribution in [3.05, 3.63) is 47.0 Å². The molecule has 0 aromatic heterocycles. The molecule has 1 aromatic carbocycles. The van der Waals surface area contributed by atoms with Crippen molar-refractivity contribution in [2.45, 2.75) is 44.3 Å². The predicted molar refractivity (Wildman–Crippen MR) is 88.7 cm³/mol. The minimum atomic E-state index is 0.218. The highest BCUT2D eigenvalue weighted by Gasteiger charge is 2.12. The molecule has 0 fully saturated rings. The maximum Gasteiger partial charge on any atom is 0.186 e. The summed E-state index contributed by atoms with van der Waals surface area (Å²) < 4.78 is 1.04. The fourth-order valence-corrected chi connectivity index (χ4v) is 3.26. The lowest BCUT2D eigenvalue weighted by Crippen LogP contribution is -2.07. The van der Waals surface area contributed by atoms with Crippen LogP contribution in [0.5, 0.6) is 0 Å². The van der Waals surface area contributed by atoms with Crippen molar-refractivity contribution in [3.8, 4) is 0 Å². The van der Waals surface area contributed by atoms with Crippen LogP contribution in [0.25, 0.3) is 0 Å². The zero-order valence-electron chi connectivity index (χ0n) is 11.4. The molecular weight excluding hydrogens is 320 g/mol. The number of benzene rings is 1. The number of hydrogen-bond acceptors (Lipinski definition) is 2. The van der Waals surface area contributed by atoms with Crippen LogP contribution in [0.3, 0.4) is 0 Å². The van der Waals surface area contributed by atoms with Gasteiger partial charge in [0.1, 0.15) is 0 Å². The molecule has 0 spiro atoms. The van der Waals surface area contributed by atoms with Gasteiger partial charge in [0, 0.05) is 12.2 Å². The summed E-state index contributed by atoms with van der Waals surface area (Å²) in [5.41, 5.74) is 1.35. The molecule has 1 aromatic rings. The van der Waals surface area contributed by atoms with Crippen LogP contribution in [0.1, 0.15) is 38.2 Å². The van der Waals surface area contributed by atoms with Gasteiger partial charge in [-0.1, -0.05) is 64.6 Å². The van der Waals surface area contributed by atoms with Crippen LogP contribution in [0.4, 0.5) is 0 Å². The standard InChI is InChI=1S/C16H21BrOS/c1-13(17)7-6-10-16(19-14(2)18)12-11-15-8-4-3-5-9-15/h3-5,8-9,16H,1,6-7,10-12H2,2H3. The van der Waals surface area contributed by atoms with E-state index in [-0.39, 0.29) is 5.12 Å². The molecule has 0 bridgehead atoms. The average Bonchev–Trinajstić information content (AvgIpc) is 2.36. The van der Waals surface area contributed by atoms with Crippen LogP contribution >= 0.6 is 27.7 Å². The molecule has 104 valence electrons. The Kier molecular flexibility index (Phi) is 8.15. The van der Waals surface area contributed by atoms with Crippen LogP contribution < -0.4 is 0 Å². The Labute approximate surface area is 129 Å². The van der Waals surface area contributed by atoms with Crippen LogP contribution in [0, 0.1) is 0 Å². The normalized spacial score (nSPS) is 12.1. The maximum absolute atomic E-state index is 11.3. The summed E-state index contributed by atoms with van der Waals surface area (Å²) >= 11 is 4.87. The molecule has 1 atom stereocenters. The predicted octanol–water partition coefficient (Wildman–Crippen LogP) is 5.35. The van der Waals surface area contributed by atoms with Crippen LogP contribution in [0.2, 0.25) is 0 Å². The van der Waals surface area contributed by atoms with E-state index in [0.717, 1.165) is 36.6 Å². The summed E-state index contributed by atoms with van der Waals surface area (Å²) in [6.45, 7) is 5.51. The first-order valence-corrected chi connectivity index (χ1v) is 8.29. The van der Waals surface area contributed by atoms with Gasteiger partial charge in [-0.15, -0.1) is 0 Å². The lowest BCUT2D eigenvalue weighted by Gasteiger charge is -2.14. The van der Waals surface area contributed by atoms with Gasteiger partial charge in [-0.25, -0.2) is 0 Å². The van der Waals surface area contributed by atoms with Crippen molar-refractivity contribution >= 4 is 32.8 Å². The van der Waals surface area contributed by atoms with Gasteiger partial charge in [-0.05, 0) is 42.1 Å². The maximum atomic E-state index is 11.3. The quantitative estimate of drug-likeness (QED) is 0.634. The van der Waals surface area contributed by atoms with E-state index in [2.05, 4.69) is 46.8 Å². The highest BCUT2D eigenvalue weighted by atomic mass is 79.9. The molecule has 0 saturated heterocycles. The lowest BCUT2D eigenvalue weighted by atomic mass is 10.1. The zero-order valence-corrected chi connectivity index (χ0v) is 13.8. The Balaban J connectivity index is 2.40. The van der Waals surface area contributed by atoms with Gasteiger partial charge in [0.2, 0.25) is 0 Å². The summed E-state index contributed by atoms with van der Waals surface area (Å²) in [5.74, 6) is 0. The number of hydrogen-bond donors (Lipinski definition) is 0. The monoisotopic (exact) mass is 340 g/mol. The highest BCUT2D eigenvalue weighted by Crippen LogP contribution is 2.24. The minimum absolute atomic E-state index is 0.218. The summed E-state index contributed by atoms with van der Waals surface area (Å²) in [4.78, 5) is 11.3. The number of allylic oxidation sites excluding steroid dienone is 1. The summed E-state index contributed by atoms with van der Waals surface area (Å²) in [6, 6.07) is 10.5. The molecule has 0 heterocycles. The van der Waals surface area contributed by atoms with Crippen LogP contribution in [-0.4, -0.2) is 10.4 Å². The van der Waals surface area contributed by atoms with Crippen molar-refractivity contribution in [3.63, 3.8) is 0 Å². The lowest BCUT2D eigenvalue weighted by molar-refractivity contribution is -0.109. The molecule has 1 nitrogen and oxygen atoms in total. The summed E-state index contributed by atoms with van der Waals surface area (Å²) in [6.07, 6.45) is 5.25. The molecule has 0 amide bonds. The number of carbonyl (C=O) groups excluding carboxylic acids is 1. The number of carbonyl (C=O) groups is 1. The van der Waals surface area contributed by atoms with Gasteiger partial charge in [-0.2, -0.15) is 0 Å². The van der Waals surface area contributed by atoms with E-state index in [9.17, 15) is 4.79 Å². The van der Waals surface area contributed by atoms with Gasteiger partial charge < -0.3 is 0 Å². The third-order valence-corrected chi connectivity index (χ3v) is 4.44. The topological polar surface area (TPSA) is 17.1 Å². The molecule has 0 aliphatic heterocycles. The van der Waals surface area contributed by atoms with E-state index in [4.69, 9.17) is 0 Å². The van der Waals surface area contributed by atoms with E-state index in [1.54, 1.807) is 6.92 Å². The second kappa shape index (κ2) is 9.38. The van der Waals surface area contributed by atoms with E-state index in [1.807, 2.05) is 6.07 Å². The van der Waals surface area contributed by atoms with Gasteiger partial charge in [-0.3, -0.25) is 4.79 Å². The van der Waals surface area contributed by atoms with E-state index >= 15 is 0 Å². The third kappa shape index (κ3) is 8.27. The molecular formula is C16H21BrOS. The van der Waals surface area contributed by atoms with Crippen molar-refractivity contribution in [2.24, 2.45) is 0 Å². The fraction of sp³-hybridized carbons (Fsp3) is 0.438. The van der Waals surface area contributed by atoms with Crippen molar-refractivity contribution in [1.29, 1.82) is 0 Å². The Morgan fingerprint density at radius 2 is 2.00 bits per heavy atom. The first-order chi connectivity index (χ1) is 9.08. The smallest absolute Gasteiger partial charge is 0.186 e. The van der Waals surface area contributed by atoms with E-state index < -0.39 is 0 Å². The first kappa shape index (κ1) is 16.5. The van der Waals surface area contributed by atoms with Crippen molar-refractivity contribution < 1.29 is 4.79 Å². The largest absolute Gasteiger partial charge is 0.288 e. The number of halogens is 1. The highest BCUT2D eigenvalue weighted by molar-refractivity contribution is 9.11. The van der Waals surface area contributed by atoms with Gasteiger partial charge in [0.25, 0.3) is 0 Å². The number of aryl methyl sites for hydroxylation is 1. The van der Waals surface area contributed by atoms with Gasteiger partial charge in [0.15, 0.2) is 5.12 Å². The number of thioether (sulfide) groups is 1. The Hall–Kier alpha value is -0.540. The molecule has 0 aliphatic rings. The third-order valence-electron chi connectivity index (χ3n) is 2.90. The van der Waals surface area contributed by atoms with Crippen molar-refractivity contribution in [2.75, 3.05) is 0 Å². The Morgan fingerprint density at radius 3 is 2.58 bits per heavy atom. The van der Waals surface area contributed by atoms with Gasteiger partial charge >= 0.3 is 0 Å². The summed E-state index contributed by atoms with van der Waals surface area (Å²) in [7, 11) is 0. The van der Waals surface area contributed by atoms with E-state index in [1.165, 1.54) is 17.3 Å². The zero-order chi connectivity index (χ0) is 14.1. The van der Waals surface area contributed by atoms with Crippen molar-refractivity contribution in [1.82, 2.24) is 0 Å². The molecule has 1 rings (SSSR count). The second-order valence-electron chi connectivity index (χ2n) is 4.67. The fourth-order valence-electron chi connectivity index (χ4n) is 1.99.